The lowest BCUT2D eigenvalue weighted by atomic mass is 10.0. The maximum atomic E-state index is 9.96. The van der Waals surface area contributed by atoms with Crippen LogP contribution in [-0.2, 0) is 13.6 Å². The van der Waals surface area contributed by atoms with Gasteiger partial charge in [0.2, 0.25) is 0 Å². The largest absolute Gasteiger partial charge is 0.392 e. The highest BCUT2D eigenvalue weighted by Crippen LogP contribution is 2.27. The van der Waals surface area contributed by atoms with Crippen LogP contribution in [0.25, 0.3) is 0 Å². The van der Waals surface area contributed by atoms with Crippen molar-refractivity contribution >= 4 is 0 Å². The monoisotopic (exact) mass is 223 g/mol. The van der Waals surface area contributed by atoms with Gasteiger partial charge in [-0.25, -0.2) is 0 Å². The number of nitrogens with zero attached hydrogens (tertiary/aromatic N) is 2. The molecule has 0 aromatic carbocycles. The predicted octanol–water partition coefficient (Wildman–Crippen LogP) is 1.06. The van der Waals surface area contributed by atoms with Gasteiger partial charge in [0.15, 0.2) is 0 Å². The highest BCUT2D eigenvalue weighted by Gasteiger charge is 2.22. The van der Waals surface area contributed by atoms with Gasteiger partial charge in [-0.1, -0.05) is 12.8 Å². The van der Waals surface area contributed by atoms with Crippen LogP contribution in [0.3, 0.4) is 0 Å². The molecule has 0 spiro atoms. The van der Waals surface area contributed by atoms with E-state index in [0.29, 0.717) is 12.5 Å². The molecule has 1 fully saturated rings. The number of aromatic nitrogens is 2. The topological polar surface area (TPSA) is 50.1 Å². The molecule has 1 heterocycles. The number of rotatable bonds is 5. The molecule has 1 aliphatic rings. The van der Waals surface area contributed by atoms with Gasteiger partial charge < -0.3 is 10.4 Å². The van der Waals surface area contributed by atoms with Gasteiger partial charge in [-0.2, -0.15) is 5.10 Å². The Kier molecular flexibility index (Phi) is 3.96. The van der Waals surface area contributed by atoms with Gasteiger partial charge in [-0.05, 0) is 24.8 Å². The highest BCUT2D eigenvalue weighted by molar-refractivity contribution is 4.99. The second-order valence-corrected chi connectivity index (χ2v) is 4.69. The molecular weight excluding hydrogens is 202 g/mol. The minimum Gasteiger partial charge on any atom is -0.392 e. The molecule has 4 nitrogen and oxygen atoms in total. The molecule has 90 valence electrons. The Hall–Kier alpha value is -0.870. The second-order valence-electron chi connectivity index (χ2n) is 4.69. The smallest absolute Gasteiger partial charge is 0.0692 e. The molecule has 0 saturated heterocycles. The number of aliphatic hydroxyl groups excluding tert-OH is 1. The molecule has 1 aromatic rings. The highest BCUT2D eigenvalue weighted by atomic mass is 16.3. The van der Waals surface area contributed by atoms with E-state index in [9.17, 15) is 5.11 Å². The third-order valence-corrected chi connectivity index (χ3v) is 3.53. The number of hydrogen-bond acceptors (Lipinski definition) is 3. The van der Waals surface area contributed by atoms with Crippen molar-refractivity contribution in [1.82, 2.24) is 15.1 Å². The van der Waals surface area contributed by atoms with Gasteiger partial charge in [-0.15, -0.1) is 0 Å². The molecule has 4 heteroatoms. The molecule has 0 amide bonds. The molecule has 1 aliphatic carbocycles. The first-order valence-corrected chi connectivity index (χ1v) is 6.13. The van der Waals surface area contributed by atoms with Crippen molar-refractivity contribution in [1.29, 1.82) is 0 Å². The van der Waals surface area contributed by atoms with Gasteiger partial charge in [0.25, 0.3) is 0 Å². The van der Waals surface area contributed by atoms with Crippen molar-refractivity contribution < 1.29 is 5.11 Å². The van der Waals surface area contributed by atoms with Crippen LogP contribution in [0.1, 0.15) is 31.4 Å². The lowest BCUT2D eigenvalue weighted by Crippen LogP contribution is -2.31. The normalized spacial score (nSPS) is 19.1. The maximum absolute atomic E-state index is 9.96. The van der Waals surface area contributed by atoms with Crippen LogP contribution < -0.4 is 5.32 Å². The van der Waals surface area contributed by atoms with Crippen LogP contribution in [0.5, 0.6) is 0 Å². The fourth-order valence-corrected chi connectivity index (χ4v) is 2.43. The summed E-state index contributed by atoms with van der Waals surface area (Å²) in [5, 5.41) is 17.4. The van der Waals surface area contributed by atoms with E-state index in [0.717, 1.165) is 12.2 Å². The Balaban J connectivity index is 1.69. The number of aliphatic hydroxyl groups is 1. The van der Waals surface area contributed by atoms with Crippen LogP contribution in [0, 0.1) is 5.92 Å². The molecule has 2 N–H and O–H groups in total. The van der Waals surface area contributed by atoms with Crippen LogP contribution in [0.2, 0.25) is 0 Å². The Bertz CT molecular complexity index is 318. The van der Waals surface area contributed by atoms with E-state index >= 15 is 0 Å². The molecule has 0 aliphatic heterocycles. The summed E-state index contributed by atoms with van der Waals surface area (Å²) in [6.45, 7) is 1.47. The van der Waals surface area contributed by atoms with Crippen molar-refractivity contribution in [2.45, 2.75) is 38.3 Å². The van der Waals surface area contributed by atoms with E-state index < -0.39 is 0 Å². The summed E-state index contributed by atoms with van der Waals surface area (Å²) < 4.78 is 1.86. The van der Waals surface area contributed by atoms with E-state index in [1.54, 1.807) is 6.20 Å². The zero-order chi connectivity index (χ0) is 11.4. The number of aryl methyl sites for hydroxylation is 1. The summed E-state index contributed by atoms with van der Waals surface area (Å²) in [7, 11) is 1.93. The van der Waals surface area contributed by atoms with E-state index in [1.165, 1.54) is 25.7 Å². The number of nitrogens with one attached hydrogen (secondary N) is 1. The summed E-state index contributed by atoms with van der Waals surface area (Å²) >= 11 is 0. The molecule has 16 heavy (non-hydrogen) atoms. The van der Waals surface area contributed by atoms with Gasteiger partial charge in [0, 0.05) is 26.3 Å². The van der Waals surface area contributed by atoms with Crippen molar-refractivity contribution in [2.24, 2.45) is 13.0 Å². The first-order valence-electron chi connectivity index (χ1n) is 6.13. The number of hydrogen-bond donors (Lipinski definition) is 2. The zero-order valence-electron chi connectivity index (χ0n) is 9.89. The predicted molar refractivity (Wildman–Crippen MR) is 62.9 cm³/mol. The fourth-order valence-electron chi connectivity index (χ4n) is 2.43. The van der Waals surface area contributed by atoms with Crippen LogP contribution in [0.15, 0.2) is 12.3 Å². The lowest BCUT2D eigenvalue weighted by Gasteiger charge is -2.18. The molecular formula is C12H21N3O. The minimum absolute atomic E-state index is 0.185. The third kappa shape index (κ3) is 2.83. The molecule has 0 bridgehead atoms. The quantitative estimate of drug-likeness (QED) is 0.785. The summed E-state index contributed by atoms with van der Waals surface area (Å²) in [5.74, 6) is 0.513. The van der Waals surface area contributed by atoms with Crippen LogP contribution in [-0.4, -0.2) is 27.5 Å². The summed E-state index contributed by atoms with van der Waals surface area (Å²) in [4.78, 5) is 0. The lowest BCUT2D eigenvalue weighted by molar-refractivity contribution is 0.109. The molecule has 1 unspecified atom stereocenters. The maximum Gasteiger partial charge on any atom is 0.0692 e. The van der Waals surface area contributed by atoms with Crippen LogP contribution in [0.4, 0.5) is 0 Å². The van der Waals surface area contributed by atoms with Crippen molar-refractivity contribution in [2.75, 3.05) is 6.54 Å². The Morgan fingerprint density at radius 3 is 2.94 bits per heavy atom. The molecule has 0 radical (unpaired) electrons. The first kappa shape index (κ1) is 11.6. The van der Waals surface area contributed by atoms with Gasteiger partial charge in [-0.3, -0.25) is 4.68 Å². The van der Waals surface area contributed by atoms with Crippen LogP contribution >= 0.6 is 0 Å². The molecule has 2 rings (SSSR count). The Labute approximate surface area is 96.7 Å². The molecule has 1 aromatic heterocycles. The summed E-state index contributed by atoms with van der Waals surface area (Å²) in [6, 6.07) is 1.99. The van der Waals surface area contributed by atoms with Crippen molar-refractivity contribution in [3.63, 3.8) is 0 Å². The third-order valence-electron chi connectivity index (χ3n) is 3.53. The van der Waals surface area contributed by atoms with Crippen molar-refractivity contribution in [3.05, 3.63) is 18.0 Å². The van der Waals surface area contributed by atoms with Gasteiger partial charge >= 0.3 is 0 Å². The van der Waals surface area contributed by atoms with E-state index in [2.05, 4.69) is 10.4 Å². The standard InChI is InChI=1S/C12H21N3O/c1-15-11(6-7-14-15)8-13-9-12(16)10-4-2-3-5-10/h6-7,10,12-13,16H,2-5,8-9H2,1H3. The summed E-state index contributed by atoms with van der Waals surface area (Å²) in [6.07, 6.45) is 6.55. The molecule has 1 atom stereocenters. The van der Waals surface area contributed by atoms with Gasteiger partial charge in [0.05, 0.1) is 11.8 Å². The average Bonchev–Trinajstić information content (AvgIpc) is 2.90. The Morgan fingerprint density at radius 2 is 2.31 bits per heavy atom. The minimum atomic E-state index is -0.185. The van der Waals surface area contributed by atoms with E-state index in [1.807, 2.05) is 17.8 Å². The second kappa shape index (κ2) is 5.46. The van der Waals surface area contributed by atoms with E-state index in [-0.39, 0.29) is 6.10 Å². The summed E-state index contributed by atoms with van der Waals surface area (Å²) in [5.41, 5.74) is 1.15. The first-order chi connectivity index (χ1) is 7.77. The van der Waals surface area contributed by atoms with E-state index in [4.69, 9.17) is 0 Å². The molecule has 1 saturated carbocycles. The average molecular weight is 223 g/mol. The Morgan fingerprint density at radius 1 is 1.56 bits per heavy atom. The van der Waals surface area contributed by atoms with Crippen molar-refractivity contribution in [3.8, 4) is 0 Å². The zero-order valence-corrected chi connectivity index (χ0v) is 9.89. The fraction of sp³-hybridized carbons (Fsp3) is 0.750. The van der Waals surface area contributed by atoms with Gasteiger partial charge in [0.1, 0.15) is 0 Å². The SMILES string of the molecule is Cn1nccc1CNCC(O)C1CCCC1.